The Labute approximate surface area is 98.7 Å². The normalized spacial score (nSPS) is 12.4. The summed E-state index contributed by atoms with van der Waals surface area (Å²) < 4.78 is 0. The maximum atomic E-state index is 12.2. The average molecular weight is 229 g/mol. The number of halogens is 1. The minimum atomic E-state index is 0.0989. The minimum absolute atomic E-state index is 0.0989. The molecule has 0 heterocycles. The van der Waals surface area contributed by atoms with E-state index in [2.05, 4.69) is 0 Å². The number of benzene rings is 2. The first kappa shape index (κ1) is 9.61. The molecule has 3 rings (SSSR count). The summed E-state index contributed by atoms with van der Waals surface area (Å²) in [7, 11) is 0. The third kappa shape index (κ3) is 1.15. The molecule has 1 aliphatic carbocycles. The molecule has 0 spiro atoms. The van der Waals surface area contributed by atoms with Crippen LogP contribution < -0.4 is 0 Å². The fourth-order valence-corrected chi connectivity index (χ4v) is 2.48. The van der Waals surface area contributed by atoms with Crippen molar-refractivity contribution in [3.05, 3.63) is 59.2 Å². The quantitative estimate of drug-likeness (QED) is 0.582. The predicted octanol–water partition coefficient (Wildman–Crippen LogP) is 3.64. The molecule has 1 aliphatic rings. The Morgan fingerprint density at radius 3 is 2.31 bits per heavy atom. The van der Waals surface area contributed by atoms with Crippen molar-refractivity contribution in [3.63, 3.8) is 0 Å². The lowest BCUT2D eigenvalue weighted by Gasteiger charge is -2.03. The summed E-state index contributed by atoms with van der Waals surface area (Å²) in [6.07, 6.45) is 0. The molecule has 16 heavy (non-hydrogen) atoms. The first-order chi connectivity index (χ1) is 7.83. The average Bonchev–Trinajstić information content (AvgIpc) is 2.64. The fraction of sp³-hybridized carbons (Fsp3) is 0.0714. The van der Waals surface area contributed by atoms with Crippen LogP contribution in [0.1, 0.15) is 21.5 Å². The zero-order chi connectivity index (χ0) is 11.1. The molecule has 2 heteroatoms. The lowest BCUT2D eigenvalue weighted by molar-refractivity contribution is 0.104. The van der Waals surface area contributed by atoms with Crippen LogP contribution in [0.2, 0.25) is 0 Å². The van der Waals surface area contributed by atoms with E-state index in [0.717, 1.165) is 27.8 Å². The third-order valence-electron chi connectivity index (χ3n) is 2.98. The van der Waals surface area contributed by atoms with Gasteiger partial charge < -0.3 is 0 Å². The summed E-state index contributed by atoms with van der Waals surface area (Å²) in [5.74, 6) is 0.477. The van der Waals surface area contributed by atoms with Crippen molar-refractivity contribution in [1.82, 2.24) is 0 Å². The number of ketones is 1. The maximum Gasteiger partial charge on any atom is 0.194 e. The summed E-state index contributed by atoms with van der Waals surface area (Å²) in [6, 6.07) is 13.5. The zero-order valence-electron chi connectivity index (χ0n) is 8.53. The number of alkyl halides is 1. The first-order valence-corrected chi connectivity index (χ1v) is 5.68. The summed E-state index contributed by atoms with van der Waals surface area (Å²) in [5, 5.41) is 0. The van der Waals surface area contributed by atoms with E-state index in [-0.39, 0.29) is 5.78 Å². The van der Waals surface area contributed by atoms with Crippen molar-refractivity contribution >= 4 is 17.4 Å². The lowest BCUT2D eigenvalue weighted by atomic mass is 10.0. The van der Waals surface area contributed by atoms with Gasteiger partial charge in [-0.1, -0.05) is 42.5 Å². The van der Waals surface area contributed by atoms with Gasteiger partial charge in [0.1, 0.15) is 0 Å². The van der Waals surface area contributed by atoms with Gasteiger partial charge in [-0.05, 0) is 16.7 Å². The molecule has 0 N–H and O–H groups in total. The molecule has 0 saturated carbocycles. The van der Waals surface area contributed by atoms with Crippen molar-refractivity contribution in [2.45, 2.75) is 5.88 Å². The molecule has 0 fully saturated rings. The number of carbonyl (C=O) groups excluding carboxylic acids is 1. The van der Waals surface area contributed by atoms with Gasteiger partial charge in [0.15, 0.2) is 5.78 Å². The van der Waals surface area contributed by atoms with Crippen molar-refractivity contribution in [1.29, 1.82) is 0 Å². The maximum absolute atomic E-state index is 12.2. The molecule has 0 atom stereocenters. The number of rotatable bonds is 1. The van der Waals surface area contributed by atoms with Crippen molar-refractivity contribution in [2.75, 3.05) is 0 Å². The van der Waals surface area contributed by atoms with Gasteiger partial charge in [0, 0.05) is 17.0 Å². The Balaban J connectivity index is 2.37. The number of hydrogen-bond donors (Lipinski definition) is 0. The van der Waals surface area contributed by atoms with Gasteiger partial charge in [0.2, 0.25) is 0 Å². The Morgan fingerprint density at radius 1 is 0.875 bits per heavy atom. The summed E-state index contributed by atoms with van der Waals surface area (Å²) >= 11 is 5.87. The Bertz CT molecular complexity index is 587. The monoisotopic (exact) mass is 228 g/mol. The second-order valence-electron chi connectivity index (χ2n) is 3.85. The van der Waals surface area contributed by atoms with E-state index in [1.165, 1.54) is 0 Å². The fourth-order valence-electron chi connectivity index (χ4n) is 2.25. The molecule has 0 aromatic heterocycles. The topological polar surface area (TPSA) is 17.1 Å². The Kier molecular flexibility index (Phi) is 2.08. The highest BCUT2D eigenvalue weighted by Crippen LogP contribution is 2.38. The smallest absolute Gasteiger partial charge is 0.194 e. The van der Waals surface area contributed by atoms with Gasteiger partial charge in [0.25, 0.3) is 0 Å². The summed E-state index contributed by atoms with van der Waals surface area (Å²) in [6.45, 7) is 0. The van der Waals surface area contributed by atoms with Gasteiger partial charge in [-0.2, -0.15) is 0 Å². The van der Waals surface area contributed by atoms with Crippen LogP contribution in [0.5, 0.6) is 0 Å². The van der Waals surface area contributed by atoms with E-state index in [4.69, 9.17) is 11.6 Å². The molecule has 0 bridgehead atoms. The molecule has 0 amide bonds. The highest BCUT2D eigenvalue weighted by atomic mass is 35.5. The van der Waals surface area contributed by atoms with E-state index >= 15 is 0 Å². The molecule has 0 saturated heterocycles. The SMILES string of the molecule is O=C1c2ccccc2-c2cccc(CCl)c21. The van der Waals surface area contributed by atoms with Crippen molar-refractivity contribution < 1.29 is 4.79 Å². The van der Waals surface area contributed by atoms with E-state index in [1.807, 2.05) is 42.5 Å². The second-order valence-corrected chi connectivity index (χ2v) is 4.12. The molecule has 0 aliphatic heterocycles. The summed E-state index contributed by atoms with van der Waals surface area (Å²) in [4.78, 5) is 12.2. The minimum Gasteiger partial charge on any atom is -0.289 e. The van der Waals surface area contributed by atoms with E-state index in [9.17, 15) is 4.79 Å². The zero-order valence-corrected chi connectivity index (χ0v) is 9.29. The Morgan fingerprint density at radius 2 is 1.56 bits per heavy atom. The van der Waals surface area contributed by atoms with Crippen LogP contribution in [-0.4, -0.2) is 5.78 Å². The van der Waals surface area contributed by atoms with Gasteiger partial charge >= 0.3 is 0 Å². The van der Waals surface area contributed by atoms with Crippen LogP contribution in [0.3, 0.4) is 0 Å². The summed E-state index contributed by atoms with van der Waals surface area (Å²) in [5.41, 5.74) is 4.52. The third-order valence-corrected chi connectivity index (χ3v) is 3.27. The highest BCUT2D eigenvalue weighted by molar-refractivity contribution is 6.24. The van der Waals surface area contributed by atoms with Gasteiger partial charge in [-0.15, -0.1) is 11.6 Å². The number of carbonyl (C=O) groups is 1. The first-order valence-electron chi connectivity index (χ1n) is 5.15. The van der Waals surface area contributed by atoms with Gasteiger partial charge in [-0.3, -0.25) is 4.79 Å². The molecule has 2 aromatic carbocycles. The lowest BCUT2D eigenvalue weighted by Crippen LogP contribution is -1.99. The molecule has 2 aromatic rings. The molecule has 0 unspecified atom stereocenters. The van der Waals surface area contributed by atoms with E-state index < -0.39 is 0 Å². The van der Waals surface area contributed by atoms with Crippen LogP contribution in [0.25, 0.3) is 11.1 Å². The largest absolute Gasteiger partial charge is 0.289 e. The second kappa shape index (κ2) is 3.46. The molecule has 1 nitrogen and oxygen atoms in total. The van der Waals surface area contributed by atoms with Crippen LogP contribution >= 0.6 is 11.6 Å². The number of hydrogen-bond acceptors (Lipinski definition) is 1. The molecule has 78 valence electrons. The van der Waals surface area contributed by atoms with Crippen molar-refractivity contribution in [3.8, 4) is 11.1 Å². The van der Waals surface area contributed by atoms with Crippen LogP contribution in [0, 0.1) is 0 Å². The standard InChI is InChI=1S/C14H9ClO/c15-8-9-4-3-7-11-10-5-1-2-6-12(10)14(16)13(9)11/h1-7H,8H2. The molecular weight excluding hydrogens is 220 g/mol. The molecular formula is C14H9ClO. The number of fused-ring (bicyclic) bond motifs is 3. The van der Waals surface area contributed by atoms with Crippen LogP contribution in [0.4, 0.5) is 0 Å². The van der Waals surface area contributed by atoms with Crippen LogP contribution in [-0.2, 0) is 5.88 Å². The molecule has 0 radical (unpaired) electrons. The van der Waals surface area contributed by atoms with Crippen molar-refractivity contribution in [2.24, 2.45) is 0 Å². The van der Waals surface area contributed by atoms with Crippen LogP contribution in [0.15, 0.2) is 42.5 Å². The van der Waals surface area contributed by atoms with Gasteiger partial charge in [-0.25, -0.2) is 0 Å². The van der Waals surface area contributed by atoms with E-state index in [0.29, 0.717) is 5.88 Å². The van der Waals surface area contributed by atoms with Gasteiger partial charge in [0.05, 0.1) is 0 Å². The Hall–Kier alpha value is -1.60. The highest BCUT2D eigenvalue weighted by Gasteiger charge is 2.27. The van der Waals surface area contributed by atoms with E-state index in [1.54, 1.807) is 0 Å². The predicted molar refractivity (Wildman–Crippen MR) is 64.9 cm³/mol.